The summed E-state index contributed by atoms with van der Waals surface area (Å²) in [5, 5.41) is 8.65. The number of carbonyl (C=O) groups excluding carboxylic acids is 2. The van der Waals surface area contributed by atoms with Crippen molar-refractivity contribution >= 4 is 40.6 Å². The molecule has 1 aromatic carbocycles. The zero-order chi connectivity index (χ0) is 20.6. The number of anilines is 3. The topological polar surface area (TPSA) is 102 Å². The summed E-state index contributed by atoms with van der Waals surface area (Å²) in [6.45, 7) is 4.43. The van der Waals surface area contributed by atoms with Gasteiger partial charge in [0.1, 0.15) is 5.82 Å². The van der Waals surface area contributed by atoms with Crippen molar-refractivity contribution in [1.29, 1.82) is 0 Å². The first-order chi connectivity index (χ1) is 14.0. The Bertz CT molecular complexity index is 842. The third kappa shape index (κ3) is 6.03. The summed E-state index contributed by atoms with van der Waals surface area (Å²) in [5.74, 6) is -0.862. The molecule has 0 radical (unpaired) electrons. The van der Waals surface area contributed by atoms with E-state index in [9.17, 15) is 9.59 Å². The van der Waals surface area contributed by atoms with E-state index >= 15 is 0 Å². The van der Waals surface area contributed by atoms with Crippen LogP contribution in [0.5, 0.6) is 0 Å². The van der Waals surface area contributed by atoms with E-state index in [2.05, 4.69) is 42.8 Å². The normalized spacial score (nSPS) is 14.3. The highest BCUT2D eigenvalue weighted by atomic mass is 35.5. The van der Waals surface area contributed by atoms with Crippen LogP contribution in [0.2, 0.25) is 5.02 Å². The molecule has 1 fully saturated rings. The van der Waals surface area contributed by atoms with Crippen molar-refractivity contribution in [3.05, 3.63) is 41.8 Å². The SMILES string of the molecule is CN1CCN(c2ccc(NC(=O)C(=O)NCCNc3cnccn3)cc2Cl)CC1. The van der Waals surface area contributed by atoms with Crippen LogP contribution in [0.25, 0.3) is 0 Å². The third-order valence-electron chi connectivity index (χ3n) is 4.54. The third-order valence-corrected chi connectivity index (χ3v) is 4.84. The van der Waals surface area contributed by atoms with Gasteiger partial charge < -0.3 is 25.8 Å². The fraction of sp³-hybridized carbons (Fsp3) is 0.368. The maximum absolute atomic E-state index is 12.1. The monoisotopic (exact) mass is 417 g/mol. The minimum absolute atomic E-state index is 0.270. The van der Waals surface area contributed by atoms with Crippen molar-refractivity contribution in [2.24, 2.45) is 0 Å². The van der Waals surface area contributed by atoms with Crippen LogP contribution in [0.3, 0.4) is 0 Å². The Labute approximate surface area is 174 Å². The lowest BCUT2D eigenvalue weighted by Gasteiger charge is -2.34. The molecule has 0 spiro atoms. The van der Waals surface area contributed by atoms with Gasteiger partial charge in [0.05, 0.1) is 16.9 Å². The zero-order valence-electron chi connectivity index (χ0n) is 16.2. The van der Waals surface area contributed by atoms with Crippen molar-refractivity contribution in [1.82, 2.24) is 20.2 Å². The molecule has 2 amide bonds. The van der Waals surface area contributed by atoms with E-state index in [1.165, 1.54) is 0 Å². The number of halogens is 1. The maximum atomic E-state index is 12.1. The molecule has 2 aromatic rings. The number of carbonyl (C=O) groups is 2. The van der Waals surface area contributed by atoms with E-state index in [-0.39, 0.29) is 6.54 Å². The molecule has 0 bridgehead atoms. The zero-order valence-corrected chi connectivity index (χ0v) is 16.9. The molecule has 10 heteroatoms. The van der Waals surface area contributed by atoms with Gasteiger partial charge in [0.2, 0.25) is 0 Å². The highest BCUT2D eigenvalue weighted by molar-refractivity contribution is 6.40. The Balaban J connectivity index is 1.45. The molecule has 0 atom stereocenters. The largest absolute Gasteiger partial charge is 0.368 e. The lowest BCUT2D eigenvalue weighted by Crippen LogP contribution is -2.44. The fourth-order valence-electron chi connectivity index (χ4n) is 2.91. The number of amides is 2. The predicted octanol–water partition coefficient (Wildman–Crippen LogP) is 1.05. The lowest BCUT2D eigenvalue weighted by atomic mass is 10.2. The van der Waals surface area contributed by atoms with Gasteiger partial charge in [-0.25, -0.2) is 4.98 Å². The lowest BCUT2D eigenvalue weighted by molar-refractivity contribution is -0.136. The van der Waals surface area contributed by atoms with Gasteiger partial charge in [-0.05, 0) is 25.2 Å². The van der Waals surface area contributed by atoms with Crippen LogP contribution >= 0.6 is 11.6 Å². The minimum Gasteiger partial charge on any atom is -0.368 e. The van der Waals surface area contributed by atoms with Crippen molar-refractivity contribution in [2.45, 2.75) is 0 Å². The minimum atomic E-state index is -0.743. The first kappa shape index (κ1) is 20.8. The molecule has 3 rings (SSSR count). The van der Waals surface area contributed by atoms with Crippen LogP contribution in [0.1, 0.15) is 0 Å². The van der Waals surface area contributed by atoms with E-state index in [0.717, 1.165) is 31.9 Å². The number of hydrogen-bond acceptors (Lipinski definition) is 7. The second-order valence-electron chi connectivity index (χ2n) is 6.68. The second-order valence-corrected chi connectivity index (χ2v) is 7.09. The van der Waals surface area contributed by atoms with E-state index in [1.54, 1.807) is 30.7 Å². The fourth-order valence-corrected chi connectivity index (χ4v) is 3.21. The molecule has 1 aliphatic rings. The summed E-state index contributed by atoms with van der Waals surface area (Å²) in [4.78, 5) is 36.5. The van der Waals surface area contributed by atoms with Crippen LogP contribution in [0, 0.1) is 0 Å². The molecule has 0 saturated carbocycles. The smallest absolute Gasteiger partial charge is 0.313 e. The predicted molar refractivity (Wildman–Crippen MR) is 113 cm³/mol. The highest BCUT2D eigenvalue weighted by Crippen LogP contribution is 2.29. The molecular formula is C19H24ClN7O2. The molecule has 29 heavy (non-hydrogen) atoms. The van der Waals surface area contributed by atoms with Crippen molar-refractivity contribution in [3.8, 4) is 0 Å². The van der Waals surface area contributed by atoms with Gasteiger partial charge in [-0.15, -0.1) is 0 Å². The van der Waals surface area contributed by atoms with Crippen LogP contribution in [-0.2, 0) is 9.59 Å². The first-order valence-electron chi connectivity index (χ1n) is 9.35. The van der Waals surface area contributed by atoms with Gasteiger partial charge in [-0.1, -0.05) is 11.6 Å². The van der Waals surface area contributed by atoms with E-state index < -0.39 is 11.8 Å². The summed E-state index contributed by atoms with van der Waals surface area (Å²) < 4.78 is 0. The molecule has 154 valence electrons. The Kier molecular flexibility index (Phi) is 7.20. The molecule has 0 unspecified atom stereocenters. The van der Waals surface area contributed by atoms with Gasteiger partial charge in [0.15, 0.2) is 0 Å². The molecule has 1 aromatic heterocycles. The van der Waals surface area contributed by atoms with Gasteiger partial charge in [-0.3, -0.25) is 14.6 Å². The van der Waals surface area contributed by atoms with E-state index in [4.69, 9.17) is 11.6 Å². The standard InChI is InChI=1S/C19H24ClN7O2/c1-26-8-10-27(11-9-26)16-3-2-14(12-15(16)20)25-19(29)18(28)24-7-6-23-17-13-21-4-5-22-17/h2-5,12-13H,6-11H2,1H3,(H,22,23)(H,24,28)(H,25,29). The van der Waals surface area contributed by atoms with Crippen LogP contribution in [-0.4, -0.2) is 73.0 Å². The van der Waals surface area contributed by atoms with E-state index in [0.29, 0.717) is 23.1 Å². The molecule has 1 aliphatic heterocycles. The summed E-state index contributed by atoms with van der Waals surface area (Å²) in [6.07, 6.45) is 4.71. The highest BCUT2D eigenvalue weighted by Gasteiger charge is 2.18. The Hall–Kier alpha value is -2.91. The number of piperazine rings is 1. The van der Waals surface area contributed by atoms with Crippen LogP contribution in [0.15, 0.2) is 36.8 Å². The average Bonchev–Trinajstić information content (AvgIpc) is 2.73. The average molecular weight is 418 g/mol. The first-order valence-corrected chi connectivity index (χ1v) is 9.73. The molecule has 1 saturated heterocycles. The van der Waals surface area contributed by atoms with Gasteiger partial charge in [-0.2, -0.15) is 0 Å². The Morgan fingerprint density at radius 2 is 1.90 bits per heavy atom. The van der Waals surface area contributed by atoms with Gasteiger partial charge >= 0.3 is 11.8 Å². The number of hydrogen-bond donors (Lipinski definition) is 3. The van der Waals surface area contributed by atoms with Crippen molar-refractivity contribution in [2.75, 3.05) is 61.8 Å². The van der Waals surface area contributed by atoms with Gasteiger partial charge in [0, 0.05) is 57.3 Å². The second kappa shape index (κ2) is 10.0. The summed E-state index contributed by atoms with van der Waals surface area (Å²) >= 11 is 6.40. The van der Waals surface area contributed by atoms with E-state index in [1.807, 2.05) is 6.07 Å². The number of rotatable bonds is 6. The summed E-state index contributed by atoms with van der Waals surface area (Å²) in [6, 6.07) is 5.28. The molecule has 3 N–H and O–H groups in total. The number of nitrogens with one attached hydrogen (secondary N) is 3. The number of benzene rings is 1. The Morgan fingerprint density at radius 1 is 1.10 bits per heavy atom. The number of likely N-dealkylation sites (N-methyl/N-ethyl adjacent to an activating group) is 1. The Morgan fingerprint density at radius 3 is 2.59 bits per heavy atom. The molecule has 2 heterocycles. The number of aromatic nitrogens is 2. The summed E-state index contributed by atoms with van der Waals surface area (Å²) in [5.41, 5.74) is 1.41. The quantitative estimate of drug-likeness (QED) is 0.477. The maximum Gasteiger partial charge on any atom is 0.313 e. The molecule has 0 aliphatic carbocycles. The molecule has 9 nitrogen and oxygen atoms in total. The summed E-state index contributed by atoms with van der Waals surface area (Å²) in [7, 11) is 2.09. The van der Waals surface area contributed by atoms with Crippen molar-refractivity contribution in [3.63, 3.8) is 0 Å². The number of nitrogens with zero attached hydrogens (tertiary/aromatic N) is 4. The van der Waals surface area contributed by atoms with Crippen molar-refractivity contribution < 1.29 is 9.59 Å². The van der Waals surface area contributed by atoms with Crippen LogP contribution < -0.4 is 20.9 Å². The van der Waals surface area contributed by atoms with Crippen LogP contribution in [0.4, 0.5) is 17.2 Å². The van der Waals surface area contributed by atoms with Gasteiger partial charge in [0.25, 0.3) is 0 Å². The molecular weight excluding hydrogens is 394 g/mol.